The number of carbonyl (C=O) groups excluding carboxylic acids is 2. The Hall–Kier alpha value is -4.99. The van der Waals surface area contributed by atoms with E-state index in [4.69, 9.17) is 8.97 Å². The van der Waals surface area contributed by atoms with Crippen LogP contribution in [0.4, 0.5) is 5.69 Å². The smallest absolute Gasteiger partial charge is 0.266 e. The van der Waals surface area contributed by atoms with Crippen LogP contribution < -0.4 is 10.6 Å². The SMILES string of the molecule is CC(C)(C)/C=C/c1ccc(C(Cc2ccc(C(=O)NCCS(=O)(=O)O)cc2)C(=O)Nc2ccc(-c3cc4ccccc4o3)cc2)cc1. The van der Waals surface area contributed by atoms with E-state index in [2.05, 4.69) is 43.6 Å². The van der Waals surface area contributed by atoms with E-state index >= 15 is 0 Å². The van der Waals surface area contributed by atoms with Gasteiger partial charge in [0, 0.05) is 28.7 Å². The fourth-order valence-corrected chi connectivity index (χ4v) is 5.40. The van der Waals surface area contributed by atoms with Gasteiger partial charge < -0.3 is 15.1 Å². The summed E-state index contributed by atoms with van der Waals surface area (Å²) in [5, 5.41) is 6.57. The van der Waals surface area contributed by atoms with Crippen molar-refractivity contribution in [3.05, 3.63) is 131 Å². The third-order valence-electron chi connectivity index (χ3n) is 7.60. The van der Waals surface area contributed by atoms with E-state index in [0.29, 0.717) is 17.7 Å². The topological polar surface area (TPSA) is 126 Å². The summed E-state index contributed by atoms with van der Waals surface area (Å²) >= 11 is 0. The molecule has 0 fully saturated rings. The molecule has 242 valence electrons. The molecule has 9 heteroatoms. The highest BCUT2D eigenvalue weighted by atomic mass is 32.2. The number of benzene rings is 4. The van der Waals surface area contributed by atoms with Gasteiger partial charge in [-0.2, -0.15) is 8.42 Å². The van der Waals surface area contributed by atoms with Crippen LogP contribution in [0, 0.1) is 5.41 Å². The zero-order chi connectivity index (χ0) is 33.6. The quantitative estimate of drug-likeness (QED) is 0.126. The molecular formula is C38H38N2O6S. The number of nitrogens with one attached hydrogen (secondary N) is 2. The molecule has 0 bridgehead atoms. The van der Waals surface area contributed by atoms with Gasteiger partial charge in [-0.25, -0.2) is 0 Å². The van der Waals surface area contributed by atoms with Gasteiger partial charge in [0.25, 0.3) is 16.0 Å². The van der Waals surface area contributed by atoms with Gasteiger partial charge in [-0.15, -0.1) is 0 Å². The molecule has 0 aliphatic rings. The van der Waals surface area contributed by atoms with Gasteiger partial charge in [0.1, 0.15) is 11.3 Å². The summed E-state index contributed by atoms with van der Waals surface area (Å²) in [4.78, 5) is 26.3. The molecule has 5 rings (SSSR count). The summed E-state index contributed by atoms with van der Waals surface area (Å²) < 4.78 is 36.8. The first-order valence-corrected chi connectivity index (χ1v) is 17.0. The van der Waals surface area contributed by atoms with Crippen molar-refractivity contribution >= 4 is 44.7 Å². The summed E-state index contributed by atoms with van der Waals surface area (Å²) in [6.07, 6.45) is 4.59. The highest BCUT2D eigenvalue weighted by molar-refractivity contribution is 7.85. The number of hydrogen-bond donors (Lipinski definition) is 3. The number of anilines is 1. The summed E-state index contributed by atoms with van der Waals surface area (Å²) in [5.74, 6) is -0.981. The van der Waals surface area contributed by atoms with Crippen molar-refractivity contribution in [2.75, 3.05) is 17.6 Å². The van der Waals surface area contributed by atoms with Crippen molar-refractivity contribution in [3.63, 3.8) is 0 Å². The molecule has 1 aromatic heterocycles. The van der Waals surface area contributed by atoms with Crippen LogP contribution in [0.2, 0.25) is 0 Å². The minimum Gasteiger partial charge on any atom is -0.456 e. The molecule has 8 nitrogen and oxygen atoms in total. The van der Waals surface area contributed by atoms with E-state index in [9.17, 15) is 18.0 Å². The third-order valence-corrected chi connectivity index (χ3v) is 8.32. The Morgan fingerprint density at radius 3 is 2.21 bits per heavy atom. The van der Waals surface area contributed by atoms with Gasteiger partial charge in [-0.1, -0.05) is 87.5 Å². The molecule has 0 radical (unpaired) electrons. The van der Waals surface area contributed by atoms with Crippen molar-refractivity contribution in [2.24, 2.45) is 5.41 Å². The van der Waals surface area contributed by atoms with Crippen LogP contribution >= 0.6 is 0 Å². The second-order valence-corrected chi connectivity index (χ2v) is 14.1. The zero-order valence-corrected chi connectivity index (χ0v) is 27.4. The van der Waals surface area contributed by atoms with E-state index in [1.165, 1.54) is 0 Å². The van der Waals surface area contributed by atoms with E-state index in [1.54, 1.807) is 24.3 Å². The molecule has 3 N–H and O–H groups in total. The van der Waals surface area contributed by atoms with Gasteiger partial charge in [-0.05, 0) is 77.1 Å². The molecule has 2 amide bonds. The van der Waals surface area contributed by atoms with Crippen molar-refractivity contribution in [2.45, 2.75) is 33.1 Å². The summed E-state index contributed by atoms with van der Waals surface area (Å²) in [5.41, 5.74) is 5.48. The average molecular weight is 651 g/mol. The van der Waals surface area contributed by atoms with Crippen LogP contribution in [-0.4, -0.2) is 37.1 Å². The fourth-order valence-electron chi connectivity index (χ4n) is 5.04. The van der Waals surface area contributed by atoms with Gasteiger partial charge in [-0.3, -0.25) is 14.1 Å². The van der Waals surface area contributed by atoms with Crippen LogP contribution in [0.15, 0.2) is 114 Å². The summed E-state index contributed by atoms with van der Waals surface area (Å²) in [7, 11) is -4.17. The number of furan rings is 1. The first-order chi connectivity index (χ1) is 22.3. The minimum absolute atomic E-state index is 0.0423. The van der Waals surface area contributed by atoms with E-state index in [1.807, 2.05) is 78.9 Å². The molecule has 1 atom stereocenters. The van der Waals surface area contributed by atoms with Crippen LogP contribution in [0.25, 0.3) is 28.4 Å². The summed E-state index contributed by atoms with van der Waals surface area (Å²) in [6, 6.07) is 32.1. The summed E-state index contributed by atoms with van der Waals surface area (Å²) in [6.45, 7) is 6.20. The van der Waals surface area contributed by atoms with Crippen molar-refractivity contribution in [3.8, 4) is 11.3 Å². The highest BCUT2D eigenvalue weighted by Gasteiger charge is 2.22. The van der Waals surface area contributed by atoms with E-state index in [-0.39, 0.29) is 17.9 Å². The maximum Gasteiger partial charge on any atom is 0.266 e. The Balaban J connectivity index is 1.33. The number of allylic oxidation sites excluding steroid dienone is 1. The molecule has 47 heavy (non-hydrogen) atoms. The number of carbonyl (C=O) groups is 2. The standard InChI is InChI=1S/C38H38N2O6S/c1-38(2,3)21-20-26-8-12-28(13-9-26)33(24-27-10-14-30(15-11-27)36(41)39-22-23-47(43,44)45)37(42)40-32-18-16-29(17-19-32)35-25-31-6-4-5-7-34(31)46-35/h4-21,25,33H,22-24H2,1-3H3,(H,39,41)(H,40,42)(H,43,44,45)/b21-20+. The molecule has 0 aliphatic carbocycles. The second kappa shape index (κ2) is 14.2. The zero-order valence-electron chi connectivity index (χ0n) is 26.6. The number of amides is 2. The Morgan fingerprint density at radius 1 is 0.894 bits per heavy atom. The number of fused-ring (bicyclic) bond motifs is 1. The van der Waals surface area contributed by atoms with Crippen molar-refractivity contribution in [1.82, 2.24) is 5.32 Å². The van der Waals surface area contributed by atoms with Gasteiger partial charge in [0.05, 0.1) is 11.7 Å². The largest absolute Gasteiger partial charge is 0.456 e. The third kappa shape index (κ3) is 9.51. The second-order valence-electron chi connectivity index (χ2n) is 12.6. The molecule has 0 saturated heterocycles. The van der Waals surface area contributed by atoms with Crippen LogP contribution in [0.3, 0.4) is 0 Å². The lowest BCUT2D eigenvalue weighted by Gasteiger charge is -2.18. The first-order valence-electron chi connectivity index (χ1n) is 15.3. The molecule has 1 unspecified atom stereocenters. The predicted octanol–water partition coefficient (Wildman–Crippen LogP) is 7.74. The molecule has 0 spiro atoms. The van der Waals surface area contributed by atoms with E-state index in [0.717, 1.165) is 39.0 Å². The van der Waals surface area contributed by atoms with Gasteiger partial charge in [0.15, 0.2) is 0 Å². The lowest BCUT2D eigenvalue weighted by molar-refractivity contribution is -0.117. The average Bonchev–Trinajstić information content (AvgIpc) is 3.47. The lowest BCUT2D eigenvalue weighted by Crippen LogP contribution is -2.28. The molecule has 1 heterocycles. The monoisotopic (exact) mass is 650 g/mol. The van der Waals surface area contributed by atoms with Gasteiger partial charge in [0.2, 0.25) is 5.91 Å². The molecule has 0 saturated carbocycles. The normalized spacial score (nSPS) is 12.7. The predicted molar refractivity (Wildman–Crippen MR) is 187 cm³/mol. The molecule has 5 aromatic rings. The maximum absolute atomic E-state index is 13.8. The Morgan fingerprint density at radius 2 is 1.57 bits per heavy atom. The van der Waals surface area contributed by atoms with Crippen LogP contribution in [0.1, 0.15) is 53.7 Å². The maximum atomic E-state index is 13.8. The fraction of sp³-hybridized carbons (Fsp3) is 0.211. The molecule has 0 aliphatic heterocycles. The Kier molecular flexibility index (Phi) is 10.1. The van der Waals surface area contributed by atoms with Crippen molar-refractivity contribution < 1.29 is 27.0 Å². The van der Waals surface area contributed by atoms with Gasteiger partial charge >= 0.3 is 0 Å². The minimum atomic E-state index is -4.17. The Bertz CT molecular complexity index is 1950. The Labute approximate surface area is 275 Å². The number of hydrogen-bond acceptors (Lipinski definition) is 5. The van der Waals surface area contributed by atoms with Crippen LogP contribution in [-0.2, 0) is 21.3 Å². The first kappa shape index (κ1) is 33.4. The molecule has 4 aromatic carbocycles. The van der Waals surface area contributed by atoms with E-state index < -0.39 is 27.7 Å². The lowest BCUT2D eigenvalue weighted by atomic mass is 9.89. The number of rotatable bonds is 11. The number of para-hydroxylation sites is 1. The van der Waals surface area contributed by atoms with Crippen LogP contribution in [0.5, 0.6) is 0 Å². The molecular weight excluding hydrogens is 612 g/mol. The van der Waals surface area contributed by atoms with Crippen molar-refractivity contribution in [1.29, 1.82) is 0 Å². The highest BCUT2D eigenvalue weighted by Crippen LogP contribution is 2.30.